The number of anilines is 1. The maximum absolute atomic E-state index is 13.2. The Morgan fingerprint density at radius 3 is 1.85 bits per heavy atom. The third kappa shape index (κ3) is 5.76. The fraction of sp³-hybridized carbons (Fsp3) is 0.139. The summed E-state index contributed by atoms with van der Waals surface area (Å²) < 4.78 is 12.5. The molecule has 6 rings (SSSR count). The molecular weight excluding hydrogens is 494 g/mol. The van der Waals surface area contributed by atoms with Gasteiger partial charge in [-0.05, 0) is 52.9 Å². The van der Waals surface area contributed by atoms with Gasteiger partial charge in [-0.1, -0.05) is 103 Å². The zero-order chi connectivity index (χ0) is 27.1. The van der Waals surface area contributed by atoms with Gasteiger partial charge in [-0.25, -0.2) is 0 Å². The SMILES string of the molecule is O=C1CCC(c2ccc(OCc3ccccc3)cc2OCc2ccccc2)N1c1ccc(-c2ccccc2)cc1. The van der Waals surface area contributed by atoms with Crippen LogP contribution in [0.25, 0.3) is 11.1 Å². The van der Waals surface area contributed by atoms with Crippen LogP contribution in [0.5, 0.6) is 11.5 Å². The van der Waals surface area contributed by atoms with E-state index in [0.29, 0.717) is 19.6 Å². The molecule has 0 radical (unpaired) electrons. The van der Waals surface area contributed by atoms with Crippen molar-refractivity contribution in [3.8, 4) is 22.6 Å². The van der Waals surface area contributed by atoms with Crippen LogP contribution in [0.3, 0.4) is 0 Å². The normalized spacial score (nSPS) is 14.8. The third-order valence-electron chi connectivity index (χ3n) is 7.29. The molecule has 40 heavy (non-hydrogen) atoms. The standard InChI is InChI=1S/C36H31NO3/c38-36-23-22-34(37(36)31-18-16-30(17-19-31)29-14-8-3-9-15-29)33-21-20-32(39-25-27-10-4-1-5-11-27)24-35(33)40-26-28-12-6-2-7-13-28/h1-21,24,34H,22-23,25-26H2. The lowest BCUT2D eigenvalue weighted by atomic mass is 10.0. The molecule has 1 fully saturated rings. The first-order valence-electron chi connectivity index (χ1n) is 13.7. The summed E-state index contributed by atoms with van der Waals surface area (Å²) in [6, 6.07) is 44.6. The highest BCUT2D eigenvalue weighted by molar-refractivity contribution is 5.96. The number of benzene rings is 5. The van der Waals surface area contributed by atoms with Crippen LogP contribution in [0, 0.1) is 0 Å². The van der Waals surface area contributed by atoms with E-state index in [9.17, 15) is 4.79 Å². The second kappa shape index (κ2) is 11.9. The van der Waals surface area contributed by atoms with Crippen molar-refractivity contribution in [1.29, 1.82) is 0 Å². The van der Waals surface area contributed by atoms with Gasteiger partial charge in [0.25, 0.3) is 0 Å². The fourth-order valence-corrected chi connectivity index (χ4v) is 5.23. The Hall–Kier alpha value is -4.83. The topological polar surface area (TPSA) is 38.8 Å². The first kappa shape index (κ1) is 25.4. The minimum absolute atomic E-state index is 0.121. The van der Waals surface area contributed by atoms with Crippen molar-refractivity contribution in [2.45, 2.75) is 32.1 Å². The predicted octanol–water partition coefficient (Wildman–Crippen LogP) is 8.38. The molecule has 4 nitrogen and oxygen atoms in total. The largest absolute Gasteiger partial charge is 0.489 e. The Morgan fingerprint density at radius 2 is 1.20 bits per heavy atom. The summed E-state index contributed by atoms with van der Waals surface area (Å²) in [5.74, 6) is 1.59. The van der Waals surface area contributed by atoms with Gasteiger partial charge < -0.3 is 14.4 Å². The summed E-state index contributed by atoms with van der Waals surface area (Å²) in [5.41, 5.74) is 6.34. The highest BCUT2D eigenvalue weighted by Gasteiger charge is 2.35. The van der Waals surface area contributed by atoms with Crippen molar-refractivity contribution in [2.24, 2.45) is 0 Å². The summed E-state index contributed by atoms with van der Waals surface area (Å²) in [7, 11) is 0. The number of carbonyl (C=O) groups excluding carboxylic acids is 1. The molecule has 0 saturated carbocycles. The predicted molar refractivity (Wildman–Crippen MR) is 159 cm³/mol. The molecule has 1 heterocycles. The van der Waals surface area contributed by atoms with E-state index in [0.717, 1.165) is 51.4 Å². The van der Waals surface area contributed by atoms with E-state index < -0.39 is 0 Å². The lowest BCUT2D eigenvalue weighted by molar-refractivity contribution is -0.117. The van der Waals surface area contributed by atoms with E-state index in [1.165, 1.54) is 0 Å². The van der Waals surface area contributed by atoms with Crippen molar-refractivity contribution in [3.05, 3.63) is 150 Å². The molecule has 0 aromatic heterocycles. The summed E-state index contributed by atoms with van der Waals surface area (Å²) >= 11 is 0. The second-order valence-corrected chi connectivity index (χ2v) is 9.98. The molecule has 0 spiro atoms. The minimum Gasteiger partial charge on any atom is -0.489 e. The molecule has 1 aliphatic heterocycles. The minimum atomic E-state index is -0.121. The molecule has 198 valence electrons. The van der Waals surface area contributed by atoms with E-state index in [-0.39, 0.29) is 11.9 Å². The molecule has 1 amide bonds. The quantitative estimate of drug-likeness (QED) is 0.194. The number of hydrogen-bond donors (Lipinski definition) is 0. The number of ether oxygens (including phenoxy) is 2. The van der Waals surface area contributed by atoms with E-state index in [4.69, 9.17) is 9.47 Å². The highest BCUT2D eigenvalue weighted by Crippen LogP contribution is 2.42. The van der Waals surface area contributed by atoms with Crippen molar-refractivity contribution >= 4 is 11.6 Å². The van der Waals surface area contributed by atoms with E-state index >= 15 is 0 Å². The van der Waals surface area contributed by atoms with Crippen LogP contribution >= 0.6 is 0 Å². The lowest BCUT2D eigenvalue weighted by Crippen LogP contribution is -2.27. The molecule has 4 heteroatoms. The lowest BCUT2D eigenvalue weighted by Gasteiger charge is -2.27. The van der Waals surface area contributed by atoms with Crippen molar-refractivity contribution in [2.75, 3.05) is 4.90 Å². The van der Waals surface area contributed by atoms with Crippen LogP contribution in [0.4, 0.5) is 5.69 Å². The number of hydrogen-bond acceptors (Lipinski definition) is 3. The fourth-order valence-electron chi connectivity index (χ4n) is 5.23. The summed E-state index contributed by atoms with van der Waals surface area (Å²) in [5, 5.41) is 0. The first-order chi connectivity index (χ1) is 19.7. The van der Waals surface area contributed by atoms with Crippen molar-refractivity contribution < 1.29 is 14.3 Å². The maximum Gasteiger partial charge on any atom is 0.227 e. The monoisotopic (exact) mass is 525 g/mol. The van der Waals surface area contributed by atoms with Gasteiger partial charge >= 0.3 is 0 Å². The number of amides is 1. The average molecular weight is 526 g/mol. The number of rotatable bonds is 9. The smallest absolute Gasteiger partial charge is 0.227 e. The summed E-state index contributed by atoms with van der Waals surface area (Å²) in [6.07, 6.45) is 1.22. The van der Waals surface area contributed by atoms with E-state index in [2.05, 4.69) is 42.5 Å². The van der Waals surface area contributed by atoms with Gasteiger partial charge in [-0.15, -0.1) is 0 Å². The zero-order valence-corrected chi connectivity index (χ0v) is 22.3. The van der Waals surface area contributed by atoms with Gasteiger partial charge in [0.1, 0.15) is 24.7 Å². The molecule has 1 unspecified atom stereocenters. The van der Waals surface area contributed by atoms with Crippen LogP contribution in [-0.4, -0.2) is 5.91 Å². The molecule has 0 N–H and O–H groups in total. The van der Waals surface area contributed by atoms with Gasteiger partial charge in [0.15, 0.2) is 0 Å². The molecule has 1 aliphatic rings. The van der Waals surface area contributed by atoms with Crippen LogP contribution in [0.1, 0.15) is 35.6 Å². The van der Waals surface area contributed by atoms with Gasteiger partial charge in [0, 0.05) is 23.7 Å². The zero-order valence-electron chi connectivity index (χ0n) is 22.3. The highest BCUT2D eigenvalue weighted by atomic mass is 16.5. The van der Waals surface area contributed by atoms with Gasteiger partial charge in [-0.2, -0.15) is 0 Å². The Labute approximate surface area is 235 Å². The van der Waals surface area contributed by atoms with Crippen LogP contribution in [0.2, 0.25) is 0 Å². The number of nitrogens with zero attached hydrogens (tertiary/aromatic N) is 1. The Morgan fingerprint density at radius 1 is 0.625 bits per heavy atom. The van der Waals surface area contributed by atoms with Crippen molar-refractivity contribution in [1.82, 2.24) is 0 Å². The Kier molecular flexibility index (Phi) is 7.58. The molecule has 1 atom stereocenters. The van der Waals surface area contributed by atoms with Crippen LogP contribution in [-0.2, 0) is 18.0 Å². The van der Waals surface area contributed by atoms with Gasteiger partial charge in [0.2, 0.25) is 5.91 Å². The summed E-state index contributed by atoms with van der Waals surface area (Å²) in [6.45, 7) is 0.905. The van der Waals surface area contributed by atoms with Gasteiger partial charge in [0.05, 0.1) is 6.04 Å². The van der Waals surface area contributed by atoms with E-state index in [1.54, 1.807) is 0 Å². The third-order valence-corrected chi connectivity index (χ3v) is 7.29. The molecular formula is C36H31NO3. The van der Waals surface area contributed by atoms with Crippen molar-refractivity contribution in [3.63, 3.8) is 0 Å². The maximum atomic E-state index is 13.2. The first-order valence-corrected chi connectivity index (χ1v) is 13.7. The summed E-state index contributed by atoms with van der Waals surface area (Å²) in [4.78, 5) is 15.1. The molecule has 1 saturated heterocycles. The average Bonchev–Trinajstić information content (AvgIpc) is 3.41. The molecule has 0 aliphatic carbocycles. The second-order valence-electron chi connectivity index (χ2n) is 9.98. The van der Waals surface area contributed by atoms with Crippen LogP contribution in [0.15, 0.2) is 133 Å². The molecule has 0 bridgehead atoms. The van der Waals surface area contributed by atoms with E-state index in [1.807, 2.05) is 95.9 Å². The molecule has 5 aromatic rings. The molecule has 5 aromatic carbocycles. The number of carbonyl (C=O) groups is 1. The van der Waals surface area contributed by atoms with Gasteiger partial charge in [-0.3, -0.25) is 4.79 Å². The Balaban J connectivity index is 1.29. The van der Waals surface area contributed by atoms with Crippen LogP contribution < -0.4 is 14.4 Å². The Bertz CT molecular complexity index is 1550.